The third kappa shape index (κ3) is 7.51. The van der Waals surface area contributed by atoms with Gasteiger partial charge >= 0.3 is 11.9 Å². The van der Waals surface area contributed by atoms with Crippen LogP contribution in [0.4, 0.5) is 0 Å². The molecule has 14 heavy (non-hydrogen) atoms. The molecule has 82 valence electrons. The molecule has 0 unspecified atom stereocenters. The second-order valence-corrected chi connectivity index (χ2v) is 2.54. The lowest BCUT2D eigenvalue weighted by molar-refractivity contribution is -0.151. The molecule has 0 saturated carbocycles. The van der Waals surface area contributed by atoms with Crippen molar-refractivity contribution in [1.29, 1.82) is 0 Å². The largest absolute Gasteiger partial charge is 0.462 e. The molecular formula is C8H16N2O4. The van der Waals surface area contributed by atoms with Gasteiger partial charge in [0.1, 0.15) is 13.2 Å². The van der Waals surface area contributed by atoms with Crippen LogP contribution in [0, 0.1) is 0 Å². The SMILES string of the molecule is NCCCC(=O)OCCOC(=O)CN. The van der Waals surface area contributed by atoms with Crippen molar-refractivity contribution in [3.05, 3.63) is 0 Å². The molecular weight excluding hydrogens is 188 g/mol. The Kier molecular flexibility index (Phi) is 7.77. The maximum absolute atomic E-state index is 10.9. The molecule has 0 spiro atoms. The smallest absolute Gasteiger partial charge is 0.319 e. The van der Waals surface area contributed by atoms with Crippen molar-refractivity contribution < 1.29 is 19.1 Å². The Morgan fingerprint density at radius 2 is 1.57 bits per heavy atom. The van der Waals surface area contributed by atoms with Crippen LogP contribution in [-0.4, -0.2) is 38.2 Å². The van der Waals surface area contributed by atoms with Crippen LogP contribution in [0.15, 0.2) is 0 Å². The van der Waals surface area contributed by atoms with Crippen molar-refractivity contribution in [3.63, 3.8) is 0 Å². The Labute approximate surface area is 82.5 Å². The van der Waals surface area contributed by atoms with E-state index in [1.165, 1.54) is 0 Å². The summed E-state index contributed by atoms with van der Waals surface area (Å²) in [6.45, 7) is 0.401. The fraction of sp³-hybridized carbons (Fsp3) is 0.750. The van der Waals surface area contributed by atoms with E-state index in [-0.39, 0.29) is 25.7 Å². The number of nitrogens with two attached hydrogens (primary N) is 2. The fourth-order valence-corrected chi connectivity index (χ4v) is 0.688. The second kappa shape index (κ2) is 8.46. The van der Waals surface area contributed by atoms with E-state index in [2.05, 4.69) is 4.74 Å². The van der Waals surface area contributed by atoms with Gasteiger partial charge in [0, 0.05) is 6.42 Å². The van der Waals surface area contributed by atoms with Crippen LogP contribution < -0.4 is 11.5 Å². The summed E-state index contributed by atoms with van der Waals surface area (Å²) in [4.78, 5) is 21.4. The van der Waals surface area contributed by atoms with Crippen LogP contribution in [0.1, 0.15) is 12.8 Å². The molecule has 0 saturated heterocycles. The van der Waals surface area contributed by atoms with Crippen LogP contribution >= 0.6 is 0 Å². The highest BCUT2D eigenvalue weighted by molar-refractivity contribution is 5.71. The minimum atomic E-state index is -0.511. The highest BCUT2D eigenvalue weighted by Crippen LogP contribution is 1.90. The highest BCUT2D eigenvalue weighted by Gasteiger charge is 2.02. The number of rotatable bonds is 7. The first kappa shape index (κ1) is 12.9. The monoisotopic (exact) mass is 204 g/mol. The first-order valence-corrected chi connectivity index (χ1v) is 4.42. The summed E-state index contributed by atoms with van der Waals surface area (Å²) in [7, 11) is 0. The molecule has 0 amide bonds. The predicted molar refractivity (Wildman–Crippen MR) is 49.3 cm³/mol. The zero-order chi connectivity index (χ0) is 10.8. The maximum atomic E-state index is 10.9. The van der Waals surface area contributed by atoms with Crippen LogP contribution in [0.3, 0.4) is 0 Å². The summed E-state index contributed by atoms with van der Waals surface area (Å²) in [5, 5.41) is 0. The van der Waals surface area contributed by atoms with Gasteiger partial charge in [0.05, 0.1) is 6.54 Å². The minimum absolute atomic E-state index is 0.0460. The molecule has 0 radical (unpaired) electrons. The van der Waals surface area contributed by atoms with Gasteiger partial charge in [-0.2, -0.15) is 0 Å². The number of carbonyl (C=O) groups is 2. The molecule has 0 aromatic heterocycles. The number of esters is 2. The molecule has 0 heterocycles. The van der Waals surface area contributed by atoms with Crippen LogP contribution in [0.25, 0.3) is 0 Å². The topological polar surface area (TPSA) is 105 Å². The molecule has 0 atom stereocenters. The number of hydrogen-bond acceptors (Lipinski definition) is 6. The van der Waals surface area contributed by atoms with E-state index in [0.717, 1.165) is 0 Å². The van der Waals surface area contributed by atoms with Crippen molar-refractivity contribution in [1.82, 2.24) is 0 Å². The average molecular weight is 204 g/mol. The molecule has 0 aliphatic carbocycles. The highest BCUT2D eigenvalue weighted by atomic mass is 16.6. The number of carbonyl (C=O) groups excluding carboxylic acids is 2. The lowest BCUT2D eigenvalue weighted by Gasteiger charge is -2.04. The average Bonchev–Trinajstić information content (AvgIpc) is 2.21. The van der Waals surface area contributed by atoms with Crippen LogP contribution in [0.2, 0.25) is 0 Å². The Morgan fingerprint density at radius 1 is 1.00 bits per heavy atom. The Hall–Kier alpha value is -1.14. The molecule has 0 aromatic carbocycles. The van der Waals surface area contributed by atoms with E-state index in [4.69, 9.17) is 16.2 Å². The van der Waals surface area contributed by atoms with Crippen molar-refractivity contribution in [2.45, 2.75) is 12.8 Å². The molecule has 4 N–H and O–H groups in total. The summed E-state index contributed by atoms with van der Waals surface area (Å²) in [5.41, 5.74) is 10.2. The lowest BCUT2D eigenvalue weighted by atomic mass is 10.3. The molecule has 0 rings (SSSR count). The summed E-state index contributed by atoms with van der Waals surface area (Å²) in [6.07, 6.45) is 0.892. The second-order valence-electron chi connectivity index (χ2n) is 2.54. The summed E-state index contributed by atoms with van der Waals surface area (Å²) < 4.78 is 9.31. The fourth-order valence-electron chi connectivity index (χ4n) is 0.688. The van der Waals surface area contributed by atoms with Gasteiger partial charge in [-0.05, 0) is 13.0 Å². The van der Waals surface area contributed by atoms with E-state index >= 15 is 0 Å². The van der Waals surface area contributed by atoms with Gasteiger partial charge in [-0.15, -0.1) is 0 Å². The molecule has 6 nitrogen and oxygen atoms in total. The third-order valence-corrected chi connectivity index (χ3v) is 1.36. The van der Waals surface area contributed by atoms with Crippen LogP contribution in [-0.2, 0) is 19.1 Å². The molecule has 0 fully saturated rings. The first-order valence-electron chi connectivity index (χ1n) is 4.42. The van der Waals surface area contributed by atoms with E-state index < -0.39 is 5.97 Å². The summed E-state index contributed by atoms with van der Waals surface area (Å²) in [5.74, 6) is -0.845. The number of ether oxygens (including phenoxy) is 2. The van der Waals surface area contributed by atoms with Crippen LogP contribution in [0.5, 0.6) is 0 Å². The normalized spacial score (nSPS) is 9.57. The third-order valence-electron chi connectivity index (χ3n) is 1.36. The Morgan fingerprint density at radius 3 is 2.07 bits per heavy atom. The van der Waals surface area contributed by atoms with Gasteiger partial charge in [-0.25, -0.2) is 0 Å². The zero-order valence-electron chi connectivity index (χ0n) is 8.03. The Bertz CT molecular complexity index is 184. The van der Waals surface area contributed by atoms with Gasteiger partial charge in [-0.1, -0.05) is 0 Å². The standard InChI is InChI=1S/C8H16N2O4/c9-3-1-2-7(11)13-4-5-14-8(12)6-10/h1-6,9-10H2. The minimum Gasteiger partial charge on any atom is -0.462 e. The summed E-state index contributed by atoms with van der Waals surface area (Å²) >= 11 is 0. The van der Waals surface area contributed by atoms with E-state index in [9.17, 15) is 9.59 Å². The van der Waals surface area contributed by atoms with Gasteiger partial charge in [0.2, 0.25) is 0 Å². The maximum Gasteiger partial charge on any atom is 0.319 e. The molecule has 0 aliphatic heterocycles. The summed E-state index contributed by atoms with van der Waals surface area (Å²) in [6, 6.07) is 0. The van der Waals surface area contributed by atoms with Gasteiger partial charge in [0.25, 0.3) is 0 Å². The van der Waals surface area contributed by atoms with Crippen molar-refractivity contribution in [3.8, 4) is 0 Å². The van der Waals surface area contributed by atoms with E-state index in [0.29, 0.717) is 19.4 Å². The lowest BCUT2D eigenvalue weighted by Crippen LogP contribution is -2.20. The van der Waals surface area contributed by atoms with Gasteiger partial charge in [-0.3, -0.25) is 9.59 Å². The number of hydrogen-bond donors (Lipinski definition) is 2. The van der Waals surface area contributed by atoms with Gasteiger partial charge in [0.15, 0.2) is 0 Å². The van der Waals surface area contributed by atoms with Crippen molar-refractivity contribution in [2.75, 3.05) is 26.3 Å². The quantitative estimate of drug-likeness (QED) is 0.397. The van der Waals surface area contributed by atoms with E-state index in [1.54, 1.807) is 0 Å². The molecule has 6 heteroatoms. The Balaban J connectivity index is 3.27. The first-order chi connectivity index (χ1) is 6.70. The zero-order valence-corrected chi connectivity index (χ0v) is 8.03. The molecule has 0 aromatic rings. The van der Waals surface area contributed by atoms with E-state index in [1.807, 2.05) is 0 Å². The molecule has 0 bridgehead atoms. The molecule has 0 aliphatic rings. The van der Waals surface area contributed by atoms with Gasteiger partial charge < -0.3 is 20.9 Å². The van der Waals surface area contributed by atoms with Crippen molar-refractivity contribution in [2.24, 2.45) is 11.5 Å². The van der Waals surface area contributed by atoms with Crippen molar-refractivity contribution >= 4 is 11.9 Å². The predicted octanol–water partition coefficient (Wildman–Crippen LogP) is -1.23.